The Kier molecular flexibility index (Phi) is 5.94. The molecular formula is C23H20ClNO2. The zero-order chi connectivity index (χ0) is 19.2. The van der Waals surface area contributed by atoms with Gasteiger partial charge in [0.1, 0.15) is 5.75 Å². The summed E-state index contributed by atoms with van der Waals surface area (Å²) in [5.41, 5.74) is 3.94. The standard InChI is InChI=1S/C23H20ClNO2/c1-16-8-11-19(15-22(16)24)25-23(26)21(18-6-4-3-5-7-18)14-17-9-12-20(27-2)13-10-17/h3-15H,1-2H3,(H,25,26)/b21-14+. The fourth-order valence-electron chi connectivity index (χ4n) is 2.63. The Morgan fingerprint density at radius 2 is 1.70 bits per heavy atom. The molecule has 0 spiro atoms. The van der Waals surface area contributed by atoms with E-state index in [4.69, 9.17) is 16.3 Å². The molecule has 0 aromatic heterocycles. The van der Waals surface area contributed by atoms with Gasteiger partial charge in [0, 0.05) is 16.3 Å². The van der Waals surface area contributed by atoms with Crippen molar-refractivity contribution in [3.05, 3.63) is 94.5 Å². The van der Waals surface area contributed by atoms with Gasteiger partial charge in [-0.2, -0.15) is 0 Å². The first-order valence-electron chi connectivity index (χ1n) is 8.55. The van der Waals surface area contributed by atoms with Gasteiger partial charge >= 0.3 is 0 Å². The molecule has 3 aromatic rings. The van der Waals surface area contributed by atoms with E-state index in [0.717, 1.165) is 22.4 Å². The van der Waals surface area contributed by atoms with Crippen molar-refractivity contribution in [2.45, 2.75) is 6.92 Å². The van der Waals surface area contributed by atoms with E-state index in [1.54, 1.807) is 13.2 Å². The van der Waals surface area contributed by atoms with Crippen LogP contribution in [0.2, 0.25) is 5.02 Å². The van der Waals surface area contributed by atoms with Crippen LogP contribution >= 0.6 is 11.6 Å². The van der Waals surface area contributed by atoms with Crippen molar-refractivity contribution in [1.82, 2.24) is 0 Å². The second-order valence-electron chi connectivity index (χ2n) is 6.12. The molecule has 3 aromatic carbocycles. The minimum absolute atomic E-state index is 0.197. The summed E-state index contributed by atoms with van der Waals surface area (Å²) < 4.78 is 5.19. The van der Waals surface area contributed by atoms with Gasteiger partial charge in [-0.15, -0.1) is 0 Å². The molecule has 0 saturated carbocycles. The molecule has 1 N–H and O–H groups in total. The van der Waals surface area contributed by atoms with Gasteiger partial charge in [0.05, 0.1) is 7.11 Å². The van der Waals surface area contributed by atoms with Gasteiger partial charge in [-0.05, 0) is 54.0 Å². The highest BCUT2D eigenvalue weighted by atomic mass is 35.5. The number of carbonyl (C=O) groups excluding carboxylic acids is 1. The highest BCUT2D eigenvalue weighted by Gasteiger charge is 2.13. The first-order chi connectivity index (χ1) is 13.1. The molecule has 3 rings (SSSR count). The molecule has 0 aliphatic carbocycles. The van der Waals surface area contributed by atoms with Crippen molar-refractivity contribution >= 4 is 34.8 Å². The summed E-state index contributed by atoms with van der Waals surface area (Å²) in [6, 6.07) is 22.6. The lowest BCUT2D eigenvalue weighted by Gasteiger charge is -2.11. The average molecular weight is 378 g/mol. The lowest BCUT2D eigenvalue weighted by molar-refractivity contribution is -0.111. The van der Waals surface area contributed by atoms with Crippen molar-refractivity contribution < 1.29 is 9.53 Å². The molecule has 1 amide bonds. The van der Waals surface area contributed by atoms with Crippen LogP contribution in [0.4, 0.5) is 5.69 Å². The number of hydrogen-bond acceptors (Lipinski definition) is 2. The zero-order valence-electron chi connectivity index (χ0n) is 15.2. The molecule has 0 unspecified atom stereocenters. The number of hydrogen-bond donors (Lipinski definition) is 1. The molecule has 0 heterocycles. The maximum atomic E-state index is 13.0. The Hall–Kier alpha value is -3.04. The monoisotopic (exact) mass is 377 g/mol. The third kappa shape index (κ3) is 4.78. The number of halogens is 1. The first kappa shape index (κ1) is 18.7. The van der Waals surface area contributed by atoms with Crippen LogP contribution in [0.1, 0.15) is 16.7 Å². The summed E-state index contributed by atoms with van der Waals surface area (Å²) >= 11 is 6.17. The number of ether oxygens (including phenoxy) is 1. The van der Waals surface area contributed by atoms with Crippen LogP contribution in [0, 0.1) is 6.92 Å². The van der Waals surface area contributed by atoms with Crippen LogP contribution in [-0.2, 0) is 4.79 Å². The number of nitrogens with one attached hydrogen (secondary N) is 1. The molecule has 0 saturated heterocycles. The molecule has 4 heteroatoms. The largest absolute Gasteiger partial charge is 0.497 e. The number of aryl methyl sites for hydroxylation is 1. The number of anilines is 1. The van der Waals surface area contributed by atoms with Gasteiger partial charge in [-0.25, -0.2) is 0 Å². The molecule has 136 valence electrons. The van der Waals surface area contributed by atoms with Crippen LogP contribution in [0.3, 0.4) is 0 Å². The summed E-state index contributed by atoms with van der Waals surface area (Å²) in [4.78, 5) is 13.0. The molecule has 0 atom stereocenters. The van der Waals surface area contributed by atoms with Crippen molar-refractivity contribution in [2.24, 2.45) is 0 Å². The topological polar surface area (TPSA) is 38.3 Å². The van der Waals surface area contributed by atoms with Crippen LogP contribution in [0.15, 0.2) is 72.8 Å². The molecule has 0 radical (unpaired) electrons. The van der Waals surface area contributed by atoms with Crippen molar-refractivity contribution in [3.8, 4) is 5.75 Å². The molecular weight excluding hydrogens is 358 g/mol. The van der Waals surface area contributed by atoms with E-state index in [0.29, 0.717) is 16.3 Å². The van der Waals surface area contributed by atoms with Gasteiger partial charge in [0.2, 0.25) is 0 Å². The lowest BCUT2D eigenvalue weighted by Crippen LogP contribution is -2.13. The Bertz CT molecular complexity index is 963. The van der Waals surface area contributed by atoms with Crippen LogP contribution in [-0.4, -0.2) is 13.0 Å². The molecule has 3 nitrogen and oxygen atoms in total. The SMILES string of the molecule is COc1ccc(/C=C(/C(=O)Nc2ccc(C)c(Cl)c2)c2ccccc2)cc1. The fourth-order valence-corrected chi connectivity index (χ4v) is 2.81. The quantitative estimate of drug-likeness (QED) is 0.448. The van der Waals surface area contributed by atoms with E-state index in [9.17, 15) is 4.79 Å². The molecule has 0 fully saturated rings. The average Bonchev–Trinajstić information content (AvgIpc) is 2.70. The first-order valence-corrected chi connectivity index (χ1v) is 8.93. The molecule has 27 heavy (non-hydrogen) atoms. The van der Waals surface area contributed by atoms with Crippen molar-refractivity contribution in [2.75, 3.05) is 12.4 Å². The second kappa shape index (κ2) is 8.56. The van der Waals surface area contributed by atoms with E-state index in [2.05, 4.69) is 5.32 Å². The smallest absolute Gasteiger partial charge is 0.256 e. The highest BCUT2D eigenvalue weighted by molar-refractivity contribution is 6.32. The van der Waals surface area contributed by atoms with E-state index < -0.39 is 0 Å². The normalized spacial score (nSPS) is 11.1. The third-order valence-corrected chi connectivity index (χ3v) is 4.59. The van der Waals surface area contributed by atoms with Gasteiger partial charge in [-0.1, -0.05) is 60.1 Å². The predicted octanol–water partition coefficient (Wildman–Crippen LogP) is 5.84. The summed E-state index contributed by atoms with van der Waals surface area (Å²) in [6.45, 7) is 1.92. The summed E-state index contributed by atoms with van der Waals surface area (Å²) in [7, 11) is 1.63. The minimum Gasteiger partial charge on any atom is -0.497 e. The lowest BCUT2D eigenvalue weighted by atomic mass is 10.0. The van der Waals surface area contributed by atoms with Crippen LogP contribution < -0.4 is 10.1 Å². The maximum absolute atomic E-state index is 13.0. The number of rotatable bonds is 5. The number of carbonyl (C=O) groups is 1. The van der Waals surface area contributed by atoms with E-state index in [1.807, 2.05) is 79.7 Å². The Balaban J connectivity index is 1.94. The van der Waals surface area contributed by atoms with E-state index in [1.165, 1.54) is 0 Å². The number of methoxy groups -OCH3 is 1. The van der Waals surface area contributed by atoms with Gasteiger partial charge < -0.3 is 10.1 Å². The molecule has 0 aliphatic rings. The van der Waals surface area contributed by atoms with Crippen LogP contribution in [0.25, 0.3) is 11.6 Å². The van der Waals surface area contributed by atoms with E-state index >= 15 is 0 Å². The predicted molar refractivity (Wildman–Crippen MR) is 112 cm³/mol. The van der Waals surface area contributed by atoms with E-state index in [-0.39, 0.29) is 5.91 Å². The number of benzene rings is 3. The van der Waals surface area contributed by atoms with Gasteiger partial charge in [0.25, 0.3) is 5.91 Å². The Morgan fingerprint density at radius 3 is 2.33 bits per heavy atom. The summed E-state index contributed by atoms with van der Waals surface area (Å²) in [6.07, 6.45) is 1.86. The minimum atomic E-state index is -0.197. The van der Waals surface area contributed by atoms with Gasteiger partial charge in [-0.3, -0.25) is 4.79 Å². The maximum Gasteiger partial charge on any atom is 0.256 e. The zero-order valence-corrected chi connectivity index (χ0v) is 16.0. The highest BCUT2D eigenvalue weighted by Crippen LogP contribution is 2.24. The Morgan fingerprint density at radius 1 is 1.00 bits per heavy atom. The van der Waals surface area contributed by atoms with Crippen LogP contribution in [0.5, 0.6) is 5.75 Å². The van der Waals surface area contributed by atoms with Crippen molar-refractivity contribution in [3.63, 3.8) is 0 Å². The number of amides is 1. The second-order valence-corrected chi connectivity index (χ2v) is 6.52. The van der Waals surface area contributed by atoms with Gasteiger partial charge in [0.15, 0.2) is 0 Å². The molecule has 0 bridgehead atoms. The Labute approximate surface area is 164 Å². The molecule has 0 aliphatic heterocycles. The third-order valence-electron chi connectivity index (χ3n) is 4.19. The fraction of sp³-hybridized carbons (Fsp3) is 0.0870. The summed E-state index contributed by atoms with van der Waals surface area (Å²) in [5.74, 6) is 0.573. The van der Waals surface area contributed by atoms with Crippen molar-refractivity contribution in [1.29, 1.82) is 0 Å². The summed E-state index contributed by atoms with van der Waals surface area (Å²) in [5, 5.41) is 3.55.